The molecule has 0 radical (unpaired) electrons. The average molecular weight is 233 g/mol. The van der Waals surface area contributed by atoms with Crippen LogP contribution in [0.3, 0.4) is 0 Å². The van der Waals surface area contributed by atoms with Crippen molar-refractivity contribution in [3.8, 4) is 17.2 Å². The molecule has 0 aliphatic carbocycles. The average Bonchev–Trinajstić information content (AvgIpc) is 2.79. The lowest BCUT2D eigenvalue weighted by atomic mass is 10.2. The quantitative estimate of drug-likeness (QED) is 0.849. The minimum absolute atomic E-state index is 0.470. The van der Waals surface area contributed by atoms with Crippen LogP contribution in [0, 0.1) is 0 Å². The topological polar surface area (TPSA) is 74.2 Å². The molecule has 0 spiro atoms. The van der Waals surface area contributed by atoms with Gasteiger partial charge >= 0.3 is 0 Å². The third-order valence-electron chi connectivity index (χ3n) is 2.24. The van der Waals surface area contributed by atoms with Crippen LogP contribution in [-0.4, -0.2) is 23.3 Å². The molecule has 0 aliphatic rings. The lowest BCUT2D eigenvalue weighted by molar-refractivity contribution is 0.340. The summed E-state index contributed by atoms with van der Waals surface area (Å²) in [6.07, 6.45) is 0.587. The summed E-state index contributed by atoms with van der Waals surface area (Å²) >= 11 is 0. The Kier molecular flexibility index (Phi) is 3.72. The van der Waals surface area contributed by atoms with Crippen molar-refractivity contribution in [1.29, 1.82) is 0 Å². The second kappa shape index (κ2) is 5.45. The smallest absolute Gasteiger partial charge is 0.251 e. The highest BCUT2D eigenvalue weighted by molar-refractivity contribution is 5.62. The Morgan fingerprint density at radius 2 is 2.12 bits per heavy atom. The molecule has 5 nitrogen and oxygen atoms in total. The maximum Gasteiger partial charge on any atom is 0.251 e. The monoisotopic (exact) mass is 233 g/mol. The molecule has 1 aromatic carbocycles. The summed E-state index contributed by atoms with van der Waals surface area (Å²) in [5, 5.41) is 7.93. The molecule has 1 aromatic heterocycles. The van der Waals surface area contributed by atoms with Crippen molar-refractivity contribution in [2.45, 2.75) is 13.3 Å². The molecule has 0 amide bonds. The molecule has 17 heavy (non-hydrogen) atoms. The fourth-order valence-corrected chi connectivity index (χ4v) is 1.51. The first kappa shape index (κ1) is 11.6. The largest absolute Gasteiger partial charge is 0.493 e. The Morgan fingerprint density at radius 1 is 1.29 bits per heavy atom. The molecule has 0 unspecified atom stereocenters. The number of nitrogens with two attached hydrogens (primary N) is 1. The highest BCUT2D eigenvalue weighted by Gasteiger charge is 2.12. The van der Waals surface area contributed by atoms with Gasteiger partial charge in [-0.3, -0.25) is 0 Å². The van der Waals surface area contributed by atoms with Crippen molar-refractivity contribution in [3.63, 3.8) is 0 Å². The van der Waals surface area contributed by atoms with E-state index in [9.17, 15) is 0 Å². The molecule has 2 rings (SSSR count). The van der Waals surface area contributed by atoms with E-state index in [-0.39, 0.29) is 0 Å². The Balaban J connectivity index is 2.31. The van der Waals surface area contributed by atoms with Gasteiger partial charge in [0, 0.05) is 13.0 Å². The van der Waals surface area contributed by atoms with Gasteiger partial charge in [0.25, 0.3) is 5.89 Å². The van der Waals surface area contributed by atoms with Crippen LogP contribution in [0.4, 0.5) is 0 Å². The van der Waals surface area contributed by atoms with Gasteiger partial charge in [-0.1, -0.05) is 12.1 Å². The molecule has 0 saturated heterocycles. The van der Waals surface area contributed by atoms with Crippen molar-refractivity contribution < 1.29 is 9.15 Å². The number of aromatic nitrogens is 2. The van der Waals surface area contributed by atoms with Gasteiger partial charge in [0.05, 0.1) is 12.2 Å². The van der Waals surface area contributed by atoms with E-state index in [4.69, 9.17) is 14.9 Å². The highest BCUT2D eigenvalue weighted by Crippen LogP contribution is 2.28. The van der Waals surface area contributed by atoms with Crippen LogP contribution < -0.4 is 10.5 Å². The van der Waals surface area contributed by atoms with Gasteiger partial charge in [-0.15, -0.1) is 10.2 Å². The fraction of sp³-hybridized carbons (Fsp3) is 0.333. The Bertz CT molecular complexity index is 482. The Morgan fingerprint density at radius 3 is 2.88 bits per heavy atom. The summed E-state index contributed by atoms with van der Waals surface area (Å²) in [6, 6.07) is 7.59. The zero-order valence-electron chi connectivity index (χ0n) is 9.72. The van der Waals surface area contributed by atoms with Crippen LogP contribution in [0.2, 0.25) is 0 Å². The highest BCUT2D eigenvalue weighted by atomic mass is 16.5. The van der Waals surface area contributed by atoms with Gasteiger partial charge in [0.1, 0.15) is 5.75 Å². The number of hydrogen-bond donors (Lipinski definition) is 1. The SMILES string of the molecule is CCOc1ccccc1-c1nnc(CCN)o1. The summed E-state index contributed by atoms with van der Waals surface area (Å²) in [5.41, 5.74) is 6.24. The second-order valence-corrected chi connectivity index (χ2v) is 3.47. The van der Waals surface area contributed by atoms with Crippen molar-refractivity contribution in [2.75, 3.05) is 13.2 Å². The van der Waals surface area contributed by atoms with Crippen molar-refractivity contribution in [1.82, 2.24) is 10.2 Å². The van der Waals surface area contributed by atoms with E-state index in [0.29, 0.717) is 31.4 Å². The summed E-state index contributed by atoms with van der Waals surface area (Å²) < 4.78 is 11.0. The van der Waals surface area contributed by atoms with Crippen LogP contribution in [0.25, 0.3) is 11.5 Å². The van der Waals surface area contributed by atoms with Gasteiger partial charge in [-0.05, 0) is 19.1 Å². The molecular weight excluding hydrogens is 218 g/mol. The molecule has 90 valence electrons. The van der Waals surface area contributed by atoms with Gasteiger partial charge in [-0.25, -0.2) is 0 Å². The van der Waals surface area contributed by atoms with Crippen LogP contribution in [0.1, 0.15) is 12.8 Å². The molecule has 0 atom stereocenters. The first-order valence-corrected chi connectivity index (χ1v) is 5.59. The van der Waals surface area contributed by atoms with Crippen LogP contribution in [0.15, 0.2) is 28.7 Å². The number of para-hydroxylation sites is 1. The number of ether oxygens (including phenoxy) is 1. The van der Waals surface area contributed by atoms with Gasteiger partial charge in [0.2, 0.25) is 5.89 Å². The molecule has 0 bridgehead atoms. The van der Waals surface area contributed by atoms with E-state index < -0.39 is 0 Å². The molecule has 0 saturated carbocycles. The molecule has 2 aromatic rings. The summed E-state index contributed by atoms with van der Waals surface area (Å²) in [5.74, 6) is 1.77. The van der Waals surface area contributed by atoms with Gasteiger partial charge in [0.15, 0.2) is 0 Å². The third kappa shape index (κ3) is 2.62. The number of benzene rings is 1. The van der Waals surface area contributed by atoms with Crippen molar-refractivity contribution in [3.05, 3.63) is 30.2 Å². The first-order chi connectivity index (χ1) is 8.35. The van der Waals surface area contributed by atoms with Crippen molar-refractivity contribution >= 4 is 0 Å². The molecule has 0 fully saturated rings. The number of hydrogen-bond acceptors (Lipinski definition) is 5. The second-order valence-electron chi connectivity index (χ2n) is 3.47. The van der Waals surface area contributed by atoms with Crippen LogP contribution in [-0.2, 0) is 6.42 Å². The van der Waals surface area contributed by atoms with E-state index >= 15 is 0 Å². The fourth-order valence-electron chi connectivity index (χ4n) is 1.51. The van der Waals surface area contributed by atoms with E-state index in [1.54, 1.807) is 0 Å². The molecule has 5 heteroatoms. The Labute approximate surface area is 99.6 Å². The molecule has 2 N–H and O–H groups in total. The van der Waals surface area contributed by atoms with E-state index in [0.717, 1.165) is 11.3 Å². The van der Waals surface area contributed by atoms with E-state index in [2.05, 4.69) is 10.2 Å². The van der Waals surface area contributed by atoms with E-state index in [1.165, 1.54) is 0 Å². The minimum atomic E-state index is 0.470. The van der Waals surface area contributed by atoms with Gasteiger partial charge < -0.3 is 14.9 Å². The normalized spacial score (nSPS) is 10.5. The van der Waals surface area contributed by atoms with E-state index in [1.807, 2.05) is 31.2 Å². The maximum atomic E-state index is 5.51. The predicted octanol–water partition coefficient (Wildman–Crippen LogP) is 1.64. The number of rotatable bonds is 5. The molecular formula is C12H15N3O2. The molecule has 1 heterocycles. The summed E-state index contributed by atoms with van der Waals surface area (Å²) in [6.45, 7) is 3.03. The summed E-state index contributed by atoms with van der Waals surface area (Å²) in [7, 11) is 0. The first-order valence-electron chi connectivity index (χ1n) is 5.59. The number of nitrogens with zero attached hydrogens (tertiary/aromatic N) is 2. The molecule has 0 aliphatic heterocycles. The van der Waals surface area contributed by atoms with Crippen molar-refractivity contribution in [2.24, 2.45) is 5.73 Å². The minimum Gasteiger partial charge on any atom is -0.493 e. The standard InChI is InChI=1S/C12H15N3O2/c1-2-16-10-6-4-3-5-9(10)12-15-14-11(17-12)7-8-13/h3-6H,2,7-8,13H2,1H3. The lowest BCUT2D eigenvalue weighted by Crippen LogP contribution is -2.02. The predicted molar refractivity (Wildman–Crippen MR) is 63.7 cm³/mol. The zero-order valence-corrected chi connectivity index (χ0v) is 9.72. The Hall–Kier alpha value is -1.88. The zero-order chi connectivity index (χ0) is 12.1. The van der Waals surface area contributed by atoms with Crippen LogP contribution >= 0.6 is 0 Å². The van der Waals surface area contributed by atoms with Crippen LogP contribution in [0.5, 0.6) is 5.75 Å². The van der Waals surface area contributed by atoms with Gasteiger partial charge in [-0.2, -0.15) is 0 Å². The lowest BCUT2D eigenvalue weighted by Gasteiger charge is -2.05. The summed E-state index contributed by atoms with van der Waals surface area (Å²) in [4.78, 5) is 0. The maximum absolute atomic E-state index is 5.51. The third-order valence-corrected chi connectivity index (χ3v) is 2.24.